The van der Waals surface area contributed by atoms with Crippen LogP contribution in [0.1, 0.15) is 37.7 Å². The van der Waals surface area contributed by atoms with Crippen LogP contribution in [0, 0.1) is 0 Å². The number of carbonyl (C=O) groups is 1. The standard InChI is InChI=1S/C20H23N3O/c1-3-23-18-12-8-7-11-17(18)22-20(23)15(2)21-19(24)14-13-16-9-5-4-6-10-16/h4-12,15H,3,13-14H2,1-2H3,(H,21,24). The lowest BCUT2D eigenvalue weighted by atomic mass is 10.1. The second-order valence-corrected chi connectivity index (χ2v) is 5.98. The zero-order valence-corrected chi connectivity index (χ0v) is 14.2. The first-order chi connectivity index (χ1) is 11.7. The highest BCUT2D eigenvalue weighted by atomic mass is 16.1. The van der Waals surface area contributed by atoms with Crippen LogP contribution in [0.25, 0.3) is 11.0 Å². The highest BCUT2D eigenvalue weighted by molar-refractivity contribution is 5.78. The van der Waals surface area contributed by atoms with Gasteiger partial charge in [-0.1, -0.05) is 42.5 Å². The van der Waals surface area contributed by atoms with Gasteiger partial charge in [-0.25, -0.2) is 4.98 Å². The average Bonchev–Trinajstić information content (AvgIpc) is 2.99. The molecule has 0 aliphatic carbocycles. The van der Waals surface area contributed by atoms with E-state index in [0.717, 1.165) is 29.8 Å². The molecule has 1 heterocycles. The summed E-state index contributed by atoms with van der Waals surface area (Å²) in [6, 6.07) is 18.1. The predicted octanol–water partition coefficient (Wildman–Crippen LogP) is 3.87. The molecule has 1 atom stereocenters. The second kappa shape index (κ2) is 7.30. The van der Waals surface area contributed by atoms with Crippen LogP contribution in [-0.4, -0.2) is 15.5 Å². The first kappa shape index (κ1) is 16.2. The number of imidazole rings is 1. The smallest absolute Gasteiger partial charge is 0.220 e. The normalized spacial score (nSPS) is 12.2. The number of nitrogens with zero attached hydrogens (tertiary/aromatic N) is 2. The van der Waals surface area contributed by atoms with Crippen molar-refractivity contribution in [3.8, 4) is 0 Å². The number of hydrogen-bond donors (Lipinski definition) is 1. The van der Waals surface area contributed by atoms with Crippen molar-refractivity contribution in [2.45, 2.75) is 39.3 Å². The average molecular weight is 321 g/mol. The molecule has 0 aliphatic heterocycles. The molecular weight excluding hydrogens is 298 g/mol. The van der Waals surface area contributed by atoms with E-state index in [1.54, 1.807) is 0 Å². The van der Waals surface area contributed by atoms with E-state index in [2.05, 4.69) is 22.9 Å². The van der Waals surface area contributed by atoms with Gasteiger partial charge in [0.1, 0.15) is 5.82 Å². The van der Waals surface area contributed by atoms with E-state index in [-0.39, 0.29) is 11.9 Å². The van der Waals surface area contributed by atoms with Crippen LogP contribution < -0.4 is 5.32 Å². The summed E-state index contributed by atoms with van der Waals surface area (Å²) in [4.78, 5) is 17.0. The maximum Gasteiger partial charge on any atom is 0.220 e. The molecule has 0 aliphatic rings. The number of amides is 1. The Labute approximate surface area is 142 Å². The molecule has 24 heavy (non-hydrogen) atoms. The number of benzene rings is 2. The van der Waals surface area contributed by atoms with Crippen molar-refractivity contribution in [2.24, 2.45) is 0 Å². The molecule has 1 aromatic heterocycles. The number of aryl methyl sites for hydroxylation is 2. The van der Waals surface area contributed by atoms with Crippen molar-refractivity contribution in [1.82, 2.24) is 14.9 Å². The van der Waals surface area contributed by atoms with Gasteiger partial charge in [-0.05, 0) is 38.0 Å². The molecule has 0 saturated heterocycles. The number of nitrogens with one attached hydrogen (secondary N) is 1. The van der Waals surface area contributed by atoms with Crippen LogP contribution in [0.15, 0.2) is 54.6 Å². The second-order valence-electron chi connectivity index (χ2n) is 5.98. The van der Waals surface area contributed by atoms with Crippen LogP contribution in [0.2, 0.25) is 0 Å². The monoisotopic (exact) mass is 321 g/mol. The van der Waals surface area contributed by atoms with Gasteiger partial charge < -0.3 is 9.88 Å². The molecule has 0 spiro atoms. The quantitative estimate of drug-likeness (QED) is 0.749. The summed E-state index contributed by atoms with van der Waals surface area (Å²) in [5.74, 6) is 0.966. The SMILES string of the molecule is CCn1c(C(C)NC(=O)CCc2ccccc2)nc2ccccc21. The van der Waals surface area contributed by atoms with Crippen LogP contribution in [-0.2, 0) is 17.8 Å². The minimum absolute atomic E-state index is 0.0565. The van der Waals surface area contributed by atoms with Gasteiger partial charge in [0.05, 0.1) is 17.1 Å². The first-order valence-corrected chi connectivity index (χ1v) is 8.47. The van der Waals surface area contributed by atoms with E-state index >= 15 is 0 Å². The summed E-state index contributed by atoms with van der Waals surface area (Å²) in [6.45, 7) is 4.93. The number of fused-ring (bicyclic) bond motifs is 1. The molecule has 1 unspecified atom stereocenters. The van der Waals surface area contributed by atoms with Crippen molar-refractivity contribution in [3.63, 3.8) is 0 Å². The van der Waals surface area contributed by atoms with Gasteiger partial charge >= 0.3 is 0 Å². The van der Waals surface area contributed by atoms with Gasteiger partial charge in [0, 0.05) is 13.0 Å². The fraction of sp³-hybridized carbons (Fsp3) is 0.300. The van der Waals surface area contributed by atoms with Crippen LogP contribution >= 0.6 is 0 Å². The Morgan fingerprint density at radius 2 is 1.83 bits per heavy atom. The zero-order chi connectivity index (χ0) is 16.9. The predicted molar refractivity (Wildman–Crippen MR) is 96.7 cm³/mol. The zero-order valence-electron chi connectivity index (χ0n) is 14.2. The lowest BCUT2D eigenvalue weighted by molar-refractivity contribution is -0.121. The highest BCUT2D eigenvalue weighted by Crippen LogP contribution is 2.20. The third-order valence-corrected chi connectivity index (χ3v) is 4.25. The molecule has 2 aromatic carbocycles. The molecule has 3 rings (SSSR count). The summed E-state index contributed by atoms with van der Waals surface area (Å²) >= 11 is 0. The van der Waals surface area contributed by atoms with Gasteiger partial charge in [-0.3, -0.25) is 4.79 Å². The van der Waals surface area contributed by atoms with E-state index in [0.29, 0.717) is 6.42 Å². The number of aromatic nitrogens is 2. The Kier molecular flexibility index (Phi) is 4.94. The van der Waals surface area contributed by atoms with E-state index in [1.807, 2.05) is 55.5 Å². The molecule has 4 nitrogen and oxygen atoms in total. The number of para-hydroxylation sites is 2. The third-order valence-electron chi connectivity index (χ3n) is 4.25. The first-order valence-electron chi connectivity index (χ1n) is 8.47. The molecule has 0 fully saturated rings. The molecular formula is C20H23N3O. The minimum atomic E-state index is -0.111. The summed E-state index contributed by atoms with van der Waals surface area (Å²) < 4.78 is 2.16. The molecule has 1 N–H and O–H groups in total. The van der Waals surface area contributed by atoms with Crippen molar-refractivity contribution < 1.29 is 4.79 Å². The van der Waals surface area contributed by atoms with Crippen molar-refractivity contribution in [2.75, 3.05) is 0 Å². The molecule has 4 heteroatoms. The van der Waals surface area contributed by atoms with Crippen LogP contribution in [0.5, 0.6) is 0 Å². The molecule has 3 aromatic rings. The van der Waals surface area contributed by atoms with E-state index in [9.17, 15) is 4.79 Å². The van der Waals surface area contributed by atoms with Gasteiger partial charge in [0.15, 0.2) is 0 Å². The van der Waals surface area contributed by atoms with E-state index in [1.165, 1.54) is 5.56 Å². The van der Waals surface area contributed by atoms with Crippen molar-refractivity contribution >= 4 is 16.9 Å². The Morgan fingerprint density at radius 1 is 1.12 bits per heavy atom. The van der Waals surface area contributed by atoms with Gasteiger partial charge in [0.25, 0.3) is 0 Å². The Balaban J connectivity index is 1.68. The Hall–Kier alpha value is -2.62. The Morgan fingerprint density at radius 3 is 2.58 bits per heavy atom. The van der Waals surface area contributed by atoms with Crippen molar-refractivity contribution in [1.29, 1.82) is 0 Å². The molecule has 0 radical (unpaired) electrons. The highest BCUT2D eigenvalue weighted by Gasteiger charge is 2.17. The molecule has 0 bridgehead atoms. The van der Waals surface area contributed by atoms with Gasteiger partial charge in [-0.15, -0.1) is 0 Å². The lowest BCUT2D eigenvalue weighted by Gasteiger charge is -2.15. The Bertz CT molecular complexity index is 823. The van der Waals surface area contributed by atoms with Crippen molar-refractivity contribution in [3.05, 3.63) is 66.0 Å². The lowest BCUT2D eigenvalue weighted by Crippen LogP contribution is -2.28. The molecule has 0 saturated carbocycles. The molecule has 1 amide bonds. The van der Waals surface area contributed by atoms with Crippen LogP contribution in [0.4, 0.5) is 0 Å². The summed E-state index contributed by atoms with van der Waals surface area (Å²) in [6.07, 6.45) is 1.24. The molecule has 124 valence electrons. The summed E-state index contributed by atoms with van der Waals surface area (Å²) in [5.41, 5.74) is 3.27. The summed E-state index contributed by atoms with van der Waals surface area (Å²) in [7, 11) is 0. The maximum absolute atomic E-state index is 12.3. The number of hydrogen-bond acceptors (Lipinski definition) is 2. The van der Waals surface area contributed by atoms with E-state index < -0.39 is 0 Å². The third kappa shape index (κ3) is 3.48. The number of carbonyl (C=O) groups excluding carboxylic acids is 1. The fourth-order valence-corrected chi connectivity index (χ4v) is 3.04. The van der Waals surface area contributed by atoms with E-state index in [4.69, 9.17) is 4.98 Å². The fourth-order valence-electron chi connectivity index (χ4n) is 3.04. The summed E-state index contributed by atoms with van der Waals surface area (Å²) in [5, 5.41) is 3.08. The largest absolute Gasteiger partial charge is 0.346 e. The van der Waals surface area contributed by atoms with Gasteiger partial charge in [0.2, 0.25) is 5.91 Å². The number of rotatable bonds is 6. The minimum Gasteiger partial charge on any atom is -0.346 e. The van der Waals surface area contributed by atoms with Gasteiger partial charge in [-0.2, -0.15) is 0 Å². The topological polar surface area (TPSA) is 46.9 Å². The van der Waals surface area contributed by atoms with Crippen LogP contribution in [0.3, 0.4) is 0 Å². The maximum atomic E-state index is 12.3.